The minimum Gasteiger partial charge on any atom is -0.396 e. The molecule has 1 fully saturated rings. The molecule has 2 aromatic rings. The predicted octanol–water partition coefficient (Wildman–Crippen LogP) is 4.87. The van der Waals surface area contributed by atoms with E-state index in [-0.39, 0.29) is 0 Å². The molecule has 0 radical (unpaired) electrons. The van der Waals surface area contributed by atoms with Crippen LogP contribution in [0.25, 0.3) is 16.8 Å². The highest BCUT2D eigenvalue weighted by Crippen LogP contribution is 2.26. The molecule has 1 heterocycles. The van der Waals surface area contributed by atoms with Gasteiger partial charge in [-0.1, -0.05) is 32.0 Å². The third-order valence-electron chi connectivity index (χ3n) is 5.75. The van der Waals surface area contributed by atoms with Crippen molar-refractivity contribution in [3.8, 4) is 6.07 Å². The highest BCUT2D eigenvalue weighted by atomic mass is 32.2. The molecule has 5 nitrogen and oxygen atoms in total. The van der Waals surface area contributed by atoms with Crippen molar-refractivity contribution < 1.29 is 5.11 Å². The lowest BCUT2D eigenvalue weighted by atomic mass is 10.1. The molecule has 0 aliphatic carbocycles. The van der Waals surface area contributed by atoms with Crippen molar-refractivity contribution in [3.05, 3.63) is 46.9 Å². The third-order valence-corrected chi connectivity index (χ3v) is 6.21. The van der Waals surface area contributed by atoms with Gasteiger partial charge in [-0.15, -0.1) is 0 Å². The fourth-order valence-electron chi connectivity index (χ4n) is 3.47. The molecule has 1 unspecified atom stereocenters. The summed E-state index contributed by atoms with van der Waals surface area (Å²) in [5.41, 5.74) is 2.29. The van der Waals surface area contributed by atoms with Crippen molar-refractivity contribution in [2.45, 2.75) is 39.7 Å². The summed E-state index contributed by atoms with van der Waals surface area (Å²) in [6, 6.07) is 15.6. The highest BCUT2D eigenvalue weighted by Gasteiger charge is 2.18. The average Bonchev–Trinajstić information content (AvgIpc) is 2.93. The SMILES string of the molecule is CC(C)CCO.CC1CCN(c2ccc3cc(/C=C(\C#N)SN)ccc3c2)CCN1C. The van der Waals surface area contributed by atoms with Gasteiger partial charge in [0.25, 0.3) is 0 Å². The molecule has 31 heavy (non-hydrogen) atoms. The molecule has 0 spiro atoms. The molecule has 1 aliphatic rings. The lowest BCUT2D eigenvalue weighted by molar-refractivity contribution is 0.268. The number of nitrogens with two attached hydrogens (primary N) is 1. The van der Waals surface area contributed by atoms with Gasteiger partial charge in [0, 0.05) is 38.0 Å². The van der Waals surface area contributed by atoms with E-state index in [1.807, 2.05) is 12.1 Å². The fraction of sp³-hybridized carbons (Fsp3) is 0.480. The number of anilines is 1. The van der Waals surface area contributed by atoms with Crippen molar-refractivity contribution in [1.29, 1.82) is 5.26 Å². The zero-order chi connectivity index (χ0) is 22.8. The van der Waals surface area contributed by atoms with Crippen LogP contribution < -0.4 is 10.0 Å². The van der Waals surface area contributed by atoms with Crippen LogP contribution in [0.5, 0.6) is 0 Å². The Kier molecular flexibility index (Phi) is 10.4. The molecule has 1 saturated heterocycles. The van der Waals surface area contributed by atoms with Gasteiger partial charge in [0.1, 0.15) is 11.0 Å². The summed E-state index contributed by atoms with van der Waals surface area (Å²) in [6.07, 6.45) is 3.94. The van der Waals surface area contributed by atoms with E-state index < -0.39 is 0 Å². The quantitative estimate of drug-likeness (QED) is 0.510. The first-order chi connectivity index (χ1) is 14.9. The summed E-state index contributed by atoms with van der Waals surface area (Å²) in [4.78, 5) is 5.42. The molecule has 0 bridgehead atoms. The number of allylic oxidation sites excluding steroid dienone is 1. The second-order valence-electron chi connectivity index (χ2n) is 8.54. The zero-order valence-corrected chi connectivity index (χ0v) is 20.0. The number of nitriles is 1. The zero-order valence-electron chi connectivity index (χ0n) is 19.2. The van der Waals surface area contributed by atoms with E-state index in [1.54, 1.807) is 0 Å². The molecule has 1 aliphatic heterocycles. The van der Waals surface area contributed by atoms with Crippen molar-refractivity contribution >= 4 is 34.5 Å². The van der Waals surface area contributed by atoms with Crippen molar-refractivity contribution in [2.24, 2.45) is 11.1 Å². The van der Waals surface area contributed by atoms with Crippen LogP contribution >= 0.6 is 11.9 Å². The maximum Gasteiger partial charge on any atom is 0.107 e. The van der Waals surface area contributed by atoms with Crippen molar-refractivity contribution in [1.82, 2.24) is 4.90 Å². The normalized spacial score (nSPS) is 17.8. The van der Waals surface area contributed by atoms with Gasteiger partial charge in [0.05, 0.1) is 0 Å². The van der Waals surface area contributed by atoms with E-state index in [0.717, 1.165) is 43.6 Å². The Balaban J connectivity index is 0.000000501. The van der Waals surface area contributed by atoms with E-state index in [0.29, 0.717) is 23.5 Å². The minimum atomic E-state index is 0.331. The van der Waals surface area contributed by atoms with Crippen LogP contribution in [-0.2, 0) is 0 Å². The van der Waals surface area contributed by atoms with E-state index >= 15 is 0 Å². The summed E-state index contributed by atoms with van der Waals surface area (Å²) >= 11 is 0.983. The smallest absolute Gasteiger partial charge is 0.107 e. The molecule has 0 saturated carbocycles. The Bertz CT molecular complexity index is 894. The summed E-state index contributed by atoms with van der Waals surface area (Å²) in [5.74, 6) is 0.648. The van der Waals surface area contributed by atoms with Crippen LogP contribution in [0.15, 0.2) is 41.3 Å². The molecule has 2 aromatic carbocycles. The van der Waals surface area contributed by atoms with Crippen LogP contribution in [-0.4, -0.2) is 49.3 Å². The van der Waals surface area contributed by atoms with Crippen molar-refractivity contribution in [2.75, 3.05) is 38.2 Å². The Morgan fingerprint density at radius 1 is 1.23 bits per heavy atom. The first-order valence-electron chi connectivity index (χ1n) is 11.0. The van der Waals surface area contributed by atoms with Gasteiger partial charge in [-0.25, -0.2) is 0 Å². The number of hydrogen-bond acceptors (Lipinski definition) is 6. The Labute approximate surface area is 191 Å². The molecular formula is C25H36N4OS. The number of likely N-dealkylation sites (N-methyl/N-ethyl adjacent to an activating group) is 1. The summed E-state index contributed by atoms with van der Waals surface area (Å²) < 4.78 is 0. The lowest BCUT2D eigenvalue weighted by Crippen LogP contribution is -2.31. The second-order valence-corrected chi connectivity index (χ2v) is 9.22. The number of nitrogens with zero attached hydrogens (tertiary/aromatic N) is 3. The summed E-state index contributed by atoms with van der Waals surface area (Å²) in [7, 11) is 2.21. The third kappa shape index (κ3) is 7.86. The van der Waals surface area contributed by atoms with E-state index in [1.165, 1.54) is 22.9 Å². The standard InChI is InChI=1S/C20H24N4S.C5H12O/c1-15-7-8-24(10-9-23(15)2)19-6-5-17-11-16(3-4-18(17)13-19)12-20(14-21)25-22;1-5(2)3-4-6/h3-6,11-13,15H,7-10,22H2,1-2H3;5-6H,3-4H2,1-2H3/b20-12+;. The van der Waals surface area contributed by atoms with E-state index in [4.69, 9.17) is 15.5 Å². The largest absolute Gasteiger partial charge is 0.396 e. The molecule has 3 N–H and O–H groups in total. The van der Waals surface area contributed by atoms with E-state index in [9.17, 15) is 0 Å². The number of aliphatic hydroxyl groups excluding tert-OH is 1. The molecular weight excluding hydrogens is 404 g/mol. The molecule has 168 valence electrons. The molecule has 1 atom stereocenters. The number of aliphatic hydroxyl groups is 1. The van der Waals surface area contributed by atoms with Gasteiger partial charge in [0.2, 0.25) is 0 Å². The maximum atomic E-state index is 9.01. The molecule has 3 rings (SSSR count). The predicted molar refractivity (Wildman–Crippen MR) is 135 cm³/mol. The Morgan fingerprint density at radius 3 is 2.55 bits per heavy atom. The Morgan fingerprint density at radius 2 is 1.94 bits per heavy atom. The topological polar surface area (TPSA) is 76.5 Å². The number of hydrogen-bond donors (Lipinski definition) is 2. The first kappa shape index (κ1) is 25.2. The van der Waals surface area contributed by atoms with Crippen LogP contribution in [0.3, 0.4) is 0 Å². The molecule has 0 aromatic heterocycles. The van der Waals surface area contributed by atoms with Gasteiger partial charge < -0.3 is 14.9 Å². The average molecular weight is 441 g/mol. The van der Waals surface area contributed by atoms with Gasteiger partial charge in [-0.05, 0) is 85.3 Å². The Hall–Kier alpha value is -2.04. The molecule has 0 amide bonds. The van der Waals surface area contributed by atoms with Crippen LogP contribution in [0.4, 0.5) is 5.69 Å². The van der Waals surface area contributed by atoms with E-state index in [2.05, 4.69) is 74.0 Å². The number of rotatable bonds is 5. The van der Waals surface area contributed by atoms with Crippen molar-refractivity contribution in [3.63, 3.8) is 0 Å². The minimum absolute atomic E-state index is 0.331. The van der Waals surface area contributed by atoms with Gasteiger partial charge >= 0.3 is 0 Å². The summed E-state index contributed by atoms with van der Waals surface area (Å²) in [5, 5.41) is 25.1. The second kappa shape index (κ2) is 12.7. The van der Waals surface area contributed by atoms with Crippen LogP contribution in [0, 0.1) is 17.2 Å². The first-order valence-corrected chi connectivity index (χ1v) is 11.8. The van der Waals surface area contributed by atoms with Gasteiger partial charge in [-0.2, -0.15) is 5.26 Å². The van der Waals surface area contributed by atoms with Gasteiger partial charge in [-0.3, -0.25) is 5.14 Å². The van der Waals surface area contributed by atoms with Crippen LogP contribution in [0.1, 0.15) is 39.2 Å². The van der Waals surface area contributed by atoms with Gasteiger partial charge in [0.15, 0.2) is 0 Å². The van der Waals surface area contributed by atoms with Crippen LogP contribution in [0.2, 0.25) is 0 Å². The molecule has 6 heteroatoms. The maximum absolute atomic E-state index is 9.01. The lowest BCUT2D eigenvalue weighted by Gasteiger charge is -2.23. The highest BCUT2D eigenvalue weighted by molar-refractivity contribution is 8.01. The summed E-state index contributed by atoms with van der Waals surface area (Å²) in [6.45, 7) is 10.1. The fourth-order valence-corrected chi connectivity index (χ4v) is 3.73. The number of fused-ring (bicyclic) bond motifs is 1. The monoisotopic (exact) mass is 440 g/mol. The number of benzene rings is 2.